The van der Waals surface area contributed by atoms with Crippen LogP contribution in [-0.2, 0) is 19.4 Å². The minimum atomic E-state index is -0.469. The summed E-state index contributed by atoms with van der Waals surface area (Å²) in [5.41, 5.74) is 7.28. The molecule has 0 spiro atoms. The lowest BCUT2D eigenvalue weighted by Gasteiger charge is -2.24. The van der Waals surface area contributed by atoms with E-state index in [9.17, 15) is 9.90 Å². The van der Waals surface area contributed by atoms with Gasteiger partial charge in [0.05, 0.1) is 37.1 Å². The fraction of sp³-hybridized carbons (Fsp3) is 0.265. The number of para-hydroxylation sites is 1. The van der Waals surface area contributed by atoms with Gasteiger partial charge in [-0.3, -0.25) is 4.79 Å². The number of benzene rings is 3. The lowest BCUT2D eigenvalue weighted by atomic mass is 9.97. The van der Waals surface area contributed by atoms with E-state index in [-0.39, 0.29) is 18.6 Å². The van der Waals surface area contributed by atoms with Gasteiger partial charge in [0.15, 0.2) is 11.5 Å². The number of hydrogen-bond donors (Lipinski definition) is 3. The number of methoxy groups -OCH3 is 1. The molecule has 3 heterocycles. The van der Waals surface area contributed by atoms with Crippen molar-refractivity contribution < 1.29 is 19.4 Å². The highest BCUT2D eigenvalue weighted by atomic mass is 35.5. The third-order valence-electron chi connectivity index (χ3n) is 7.77. The average Bonchev–Trinajstić information content (AvgIpc) is 3.58. The quantitative estimate of drug-likeness (QED) is 0.181. The topological polar surface area (TPSA) is 88.5 Å². The summed E-state index contributed by atoms with van der Waals surface area (Å²) in [6.07, 6.45) is 3.17. The number of fused-ring (bicyclic) bond motifs is 4. The Morgan fingerprint density at radius 2 is 1.93 bits per heavy atom. The Balaban J connectivity index is 1.41. The molecule has 5 aromatic rings. The van der Waals surface area contributed by atoms with Crippen LogP contribution in [0.25, 0.3) is 33.4 Å². The molecule has 1 atom stereocenters. The van der Waals surface area contributed by atoms with Crippen molar-refractivity contribution in [3.8, 4) is 34.0 Å². The highest BCUT2D eigenvalue weighted by Crippen LogP contribution is 2.43. The van der Waals surface area contributed by atoms with Crippen LogP contribution in [0.15, 0.2) is 72.9 Å². The van der Waals surface area contributed by atoms with E-state index in [4.69, 9.17) is 21.1 Å². The molecule has 0 aliphatic carbocycles. The average molecular weight is 584 g/mol. The number of halogens is 1. The van der Waals surface area contributed by atoms with E-state index in [0.717, 1.165) is 51.0 Å². The molecule has 1 unspecified atom stereocenters. The number of ether oxygens (including phenoxy) is 2. The number of aliphatic hydroxyl groups is 1. The molecule has 0 fully saturated rings. The van der Waals surface area contributed by atoms with Crippen LogP contribution < -0.4 is 14.8 Å². The maximum absolute atomic E-state index is 14.0. The molecule has 1 amide bonds. The first-order valence-corrected chi connectivity index (χ1v) is 14.6. The Morgan fingerprint density at radius 1 is 1.10 bits per heavy atom. The van der Waals surface area contributed by atoms with E-state index < -0.39 is 6.04 Å². The molecule has 1 aliphatic rings. The zero-order chi connectivity index (χ0) is 29.4. The molecule has 1 aliphatic heterocycles. The smallest absolute Gasteiger partial charge is 0.253 e. The summed E-state index contributed by atoms with van der Waals surface area (Å²) in [5.74, 6) is 1.10. The summed E-state index contributed by atoms with van der Waals surface area (Å²) in [5, 5.41) is 15.1. The van der Waals surface area contributed by atoms with Crippen LogP contribution in [0.5, 0.6) is 11.5 Å². The second-order valence-corrected chi connectivity index (χ2v) is 11.4. The number of aromatic amines is 1. The standard InChI is InChI=1S/C34H34ClN3O4/c1-20(2)42-32-17-27-21(15-31(32)41-3)11-12-38-30(27)16-28(33(38)22-7-6-8-24(35)13-22)34(40)37-25(19-39)14-23-18-36-29-10-5-4-9-26(23)29/h4-10,13,15-18,20,25,36,39H,11-12,14,19H2,1-3H3,(H,37,40). The van der Waals surface area contributed by atoms with Crippen molar-refractivity contribution in [2.24, 2.45) is 0 Å². The van der Waals surface area contributed by atoms with Gasteiger partial charge in [0.1, 0.15) is 0 Å². The summed E-state index contributed by atoms with van der Waals surface area (Å²) < 4.78 is 13.9. The first kappa shape index (κ1) is 27.9. The summed E-state index contributed by atoms with van der Waals surface area (Å²) in [4.78, 5) is 17.3. The van der Waals surface area contributed by atoms with Crippen LogP contribution in [0.2, 0.25) is 5.02 Å². The minimum absolute atomic E-state index is 0.0248. The Hall–Kier alpha value is -4.20. The third-order valence-corrected chi connectivity index (χ3v) is 8.00. The molecule has 216 valence electrons. The maximum atomic E-state index is 14.0. The van der Waals surface area contributed by atoms with Gasteiger partial charge >= 0.3 is 0 Å². The molecular formula is C34H34ClN3O4. The van der Waals surface area contributed by atoms with Gasteiger partial charge in [-0.15, -0.1) is 0 Å². The van der Waals surface area contributed by atoms with Crippen molar-refractivity contribution in [2.45, 2.75) is 45.4 Å². The summed E-state index contributed by atoms with van der Waals surface area (Å²) in [7, 11) is 1.65. The van der Waals surface area contributed by atoms with Crippen LogP contribution in [0.3, 0.4) is 0 Å². The summed E-state index contributed by atoms with van der Waals surface area (Å²) in [6.45, 7) is 4.46. The highest BCUT2D eigenvalue weighted by Gasteiger charge is 2.29. The van der Waals surface area contributed by atoms with Crippen LogP contribution in [0.4, 0.5) is 0 Å². The Morgan fingerprint density at radius 3 is 2.69 bits per heavy atom. The number of carbonyl (C=O) groups is 1. The number of H-pyrrole nitrogens is 1. The summed E-state index contributed by atoms with van der Waals surface area (Å²) >= 11 is 6.42. The number of hydrogen-bond acceptors (Lipinski definition) is 4. The molecule has 0 saturated carbocycles. The van der Waals surface area contributed by atoms with Crippen LogP contribution >= 0.6 is 11.6 Å². The summed E-state index contributed by atoms with van der Waals surface area (Å²) in [6, 6.07) is 21.1. The maximum Gasteiger partial charge on any atom is 0.253 e. The Kier molecular flexibility index (Phi) is 7.71. The van der Waals surface area contributed by atoms with Gasteiger partial charge in [-0.05, 0) is 74.2 Å². The molecule has 0 radical (unpaired) electrons. The van der Waals surface area contributed by atoms with Gasteiger partial charge < -0.3 is 29.4 Å². The molecule has 8 heteroatoms. The van der Waals surface area contributed by atoms with Gasteiger partial charge in [0.2, 0.25) is 0 Å². The van der Waals surface area contributed by atoms with Gasteiger partial charge in [0, 0.05) is 45.5 Å². The van der Waals surface area contributed by atoms with Gasteiger partial charge in [0.25, 0.3) is 5.91 Å². The largest absolute Gasteiger partial charge is 0.493 e. The van der Waals surface area contributed by atoms with E-state index in [1.54, 1.807) is 7.11 Å². The molecule has 0 bridgehead atoms. The minimum Gasteiger partial charge on any atom is -0.493 e. The predicted molar refractivity (Wildman–Crippen MR) is 167 cm³/mol. The second-order valence-electron chi connectivity index (χ2n) is 10.9. The fourth-order valence-corrected chi connectivity index (χ4v) is 6.09. The number of amides is 1. The highest BCUT2D eigenvalue weighted by molar-refractivity contribution is 6.30. The zero-order valence-corrected chi connectivity index (χ0v) is 24.7. The first-order chi connectivity index (χ1) is 20.4. The zero-order valence-electron chi connectivity index (χ0n) is 23.9. The molecular weight excluding hydrogens is 550 g/mol. The number of nitrogens with one attached hydrogen (secondary N) is 2. The molecule has 7 nitrogen and oxygen atoms in total. The predicted octanol–water partition coefficient (Wildman–Crippen LogP) is 6.64. The van der Waals surface area contributed by atoms with Crippen molar-refractivity contribution in [1.82, 2.24) is 14.9 Å². The number of rotatable bonds is 9. The SMILES string of the molecule is COc1cc2c(cc1OC(C)C)-c1cc(C(=O)NC(CO)Cc3c[nH]c4ccccc34)c(-c3cccc(Cl)c3)n1CC2. The fourth-order valence-electron chi connectivity index (χ4n) is 5.90. The third kappa shape index (κ3) is 5.26. The van der Waals surface area contributed by atoms with Crippen LogP contribution in [-0.4, -0.2) is 46.4 Å². The molecule has 0 saturated heterocycles. The lowest BCUT2D eigenvalue weighted by molar-refractivity contribution is 0.0917. The molecule has 6 rings (SSSR count). The van der Waals surface area contributed by atoms with Crippen molar-refractivity contribution in [2.75, 3.05) is 13.7 Å². The van der Waals surface area contributed by atoms with Crippen molar-refractivity contribution >= 4 is 28.4 Å². The lowest BCUT2D eigenvalue weighted by Crippen LogP contribution is -2.39. The number of carbonyl (C=O) groups excluding carboxylic acids is 1. The number of aliphatic hydroxyl groups excluding tert-OH is 1. The van der Waals surface area contributed by atoms with E-state index in [0.29, 0.717) is 35.1 Å². The number of nitrogens with zero attached hydrogens (tertiary/aromatic N) is 1. The van der Waals surface area contributed by atoms with E-state index >= 15 is 0 Å². The Bertz CT molecular complexity index is 1770. The molecule has 42 heavy (non-hydrogen) atoms. The van der Waals surface area contributed by atoms with E-state index in [1.807, 2.05) is 86.8 Å². The second kappa shape index (κ2) is 11.6. The first-order valence-electron chi connectivity index (χ1n) is 14.2. The number of aromatic nitrogens is 2. The van der Waals surface area contributed by atoms with Gasteiger partial charge in [-0.2, -0.15) is 0 Å². The molecule has 3 aromatic carbocycles. The van der Waals surface area contributed by atoms with Crippen molar-refractivity contribution in [3.63, 3.8) is 0 Å². The van der Waals surface area contributed by atoms with Gasteiger partial charge in [-0.25, -0.2) is 0 Å². The van der Waals surface area contributed by atoms with Gasteiger partial charge in [-0.1, -0.05) is 41.9 Å². The van der Waals surface area contributed by atoms with E-state index in [1.165, 1.54) is 0 Å². The molecule has 3 N–H and O–H groups in total. The monoisotopic (exact) mass is 583 g/mol. The van der Waals surface area contributed by atoms with Crippen molar-refractivity contribution in [1.29, 1.82) is 0 Å². The van der Waals surface area contributed by atoms with Crippen LogP contribution in [0.1, 0.15) is 35.3 Å². The molecule has 2 aromatic heterocycles. The van der Waals surface area contributed by atoms with Crippen LogP contribution in [0, 0.1) is 0 Å². The normalized spacial score (nSPS) is 13.1. The Labute approximate surface area is 250 Å². The van der Waals surface area contributed by atoms with E-state index in [2.05, 4.69) is 14.9 Å². The van der Waals surface area contributed by atoms with Crippen molar-refractivity contribution in [3.05, 3.63) is 94.6 Å². The number of aryl methyl sites for hydroxylation is 1.